The van der Waals surface area contributed by atoms with Gasteiger partial charge in [-0.15, -0.1) is 0 Å². The second kappa shape index (κ2) is 12.8. The highest BCUT2D eigenvalue weighted by Gasteiger charge is 2.52. The number of hydrogen-bond acceptors (Lipinski definition) is 2. The largest absolute Gasteiger partial charge is 0.456 e. The number of furan rings is 1. The van der Waals surface area contributed by atoms with Crippen LogP contribution in [-0.4, -0.2) is 0 Å². The molecule has 0 fully saturated rings. The molecule has 0 aliphatic heterocycles. The third-order valence-corrected chi connectivity index (χ3v) is 14.9. The average molecular weight is 816 g/mol. The summed E-state index contributed by atoms with van der Waals surface area (Å²) in [4.78, 5) is 2.53. The molecule has 14 rings (SSSR count). The molecule has 0 saturated heterocycles. The molecule has 0 N–H and O–H groups in total. The lowest BCUT2D eigenvalue weighted by molar-refractivity contribution is 0.660. The zero-order valence-corrected chi connectivity index (χ0v) is 35.6. The van der Waals surface area contributed by atoms with Crippen LogP contribution in [0.5, 0.6) is 0 Å². The molecule has 0 bridgehead atoms. The molecule has 2 nitrogen and oxygen atoms in total. The van der Waals surface area contributed by atoms with Gasteiger partial charge < -0.3 is 9.32 Å². The third kappa shape index (κ3) is 4.54. The number of rotatable bonds is 4. The highest BCUT2D eigenvalue weighted by Crippen LogP contribution is 2.65. The van der Waals surface area contributed by atoms with E-state index in [9.17, 15) is 0 Å². The van der Waals surface area contributed by atoms with Gasteiger partial charge in [-0.1, -0.05) is 184 Å². The molecule has 2 heteroatoms. The van der Waals surface area contributed by atoms with E-state index in [0.717, 1.165) is 39.0 Å². The topological polar surface area (TPSA) is 16.4 Å². The first-order valence-electron chi connectivity index (χ1n) is 22.4. The summed E-state index contributed by atoms with van der Waals surface area (Å²) in [5, 5.41) is 4.64. The summed E-state index contributed by atoms with van der Waals surface area (Å²) in [6, 6.07) is 78.9. The number of fused-ring (bicyclic) bond motifs is 18. The summed E-state index contributed by atoms with van der Waals surface area (Å²) in [6.07, 6.45) is 0. The van der Waals surface area contributed by atoms with E-state index in [-0.39, 0.29) is 5.41 Å². The minimum atomic E-state index is -0.456. The molecule has 1 heterocycles. The molecule has 0 radical (unpaired) electrons. The Balaban J connectivity index is 1.06. The number of anilines is 3. The van der Waals surface area contributed by atoms with E-state index in [1.54, 1.807) is 0 Å². The fraction of sp³-hybridized carbons (Fsp3) is 0.0645. The second-order valence-corrected chi connectivity index (χ2v) is 18.3. The first kappa shape index (κ1) is 35.6. The summed E-state index contributed by atoms with van der Waals surface area (Å²) >= 11 is 0. The first-order valence-corrected chi connectivity index (χ1v) is 22.4. The standard InChI is InChI=1S/C62H41NO/c1-61(2)50-25-12-8-20-42(50)45-33-31-40(36-55(45)61)63(39-32-34-57-49(35-39)59-46-23-7-6-19-41(46)48(37-58(59)64-57)38-17-4-3-5-18-38)56-30-16-29-54-60(56)47-24-11-15-28-53(47)62(54)51-26-13-9-21-43(51)44-22-10-14-27-52(44)62/h3-37H,1-2H3. The van der Waals surface area contributed by atoms with Gasteiger partial charge in [0, 0.05) is 33.1 Å². The Kier molecular flexibility index (Phi) is 7.13. The smallest absolute Gasteiger partial charge is 0.136 e. The van der Waals surface area contributed by atoms with E-state index in [2.05, 4.69) is 231 Å². The molecule has 10 aromatic carbocycles. The van der Waals surface area contributed by atoms with Crippen LogP contribution < -0.4 is 4.90 Å². The molecule has 3 aliphatic carbocycles. The van der Waals surface area contributed by atoms with Gasteiger partial charge >= 0.3 is 0 Å². The Labute approximate surface area is 372 Å². The molecule has 300 valence electrons. The Morgan fingerprint density at radius 1 is 0.359 bits per heavy atom. The van der Waals surface area contributed by atoms with Gasteiger partial charge in [0.1, 0.15) is 11.2 Å². The van der Waals surface area contributed by atoms with Gasteiger partial charge in [0.25, 0.3) is 0 Å². The maximum absolute atomic E-state index is 6.82. The SMILES string of the molecule is CC1(C)c2ccccc2-c2ccc(N(c3ccc4oc5cc(-c6ccccc6)c6ccccc6c5c4c3)c3cccc4c3-c3ccccc3C43c4ccccc4-c4ccccc43)cc21. The maximum Gasteiger partial charge on any atom is 0.136 e. The minimum absolute atomic E-state index is 0.166. The van der Waals surface area contributed by atoms with E-state index in [4.69, 9.17) is 4.42 Å². The van der Waals surface area contributed by atoms with Crippen LogP contribution in [0.1, 0.15) is 47.2 Å². The number of benzene rings is 10. The molecular weight excluding hydrogens is 775 g/mol. The van der Waals surface area contributed by atoms with Gasteiger partial charge in [-0.05, 0) is 126 Å². The van der Waals surface area contributed by atoms with Gasteiger partial charge in [-0.3, -0.25) is 0 Å². The third-order valence-electron chi connectivity index (χ3n) is 14.9. The van der Waals surface area contributed by atoms with Crippen LogP contribution in [-0.2, 0) is 10.8 Å². The molecule has 0 unspecified atom stereocenters. The summed E-state index contributed by atoms with van der Waals surface area (Å²) in [5.74, 6) is 0. The van der Waals surface area contributed by atoms with Gasteiger partial charge in [0.2, 0.25) is 0 Å². The van der Waals surface area contributed by atoms with Crippen LogP contribution in [0.15, 0.2) is 217 Å². The van der Waals surface area contributed by atoms with Crippen molar-refractivity contribution in [2.75, 3.05) is 4.90 Å². The van der Waals surface area contributed by atoms with E-state index < -0.39 is 5.41 Å². The van der Waals surface area contributed by atoms with Crippen LogP contribution in [0.2, 0.25) is 0 Å². The predicted molar refractivity (Wildman–Crippen MR) is 265 cm³/mol. The molecule has 11 aromatic rings. The van der Waals surface area contributed by atoms with Crippen LogP contribution in [0.25, 0.3) is 77.2 Å². The Morgan fingerprint density at radius 3 is 1.64 bits per heavy atom. The van der Waals surface area contributed by atoms with Gasteiger partial charge in [-0.25, -0.2) is 0 Å². The van der Waals surface area contributed by atoms with Crippen molar-refractivity contribution >= 4 is 49.8 Å². The Bertz CT molecular complexity index is 3730. The van der Waals surface area contributed by atoms with Crippen molar-refractivity contribution in [1.29, 1.82) is 0 Å². The fourth-order valence-electron chi connectivity index (χ4n) is 12.2. The lowest BCUT2D eigenvalue weighted by Gasteiger charge is -2.32. The quantitative estimate of drug-likeness (QED) is 0.176. The fourth-order valence-corrected chi connectivity index (χ4v) is 12.2. The number of hydrogen-bond donors (Lipinski definition) is 0. The van der Waals surface area contributed by atoms with Crippen molar-refractivity contribution in [2.45, 2.75) is 24.7 Å². The van der Waals surface area contributed by atoms with Crippen LogP contribution in [0.4, 0.5) is 17.1 Å². The molecule has 3 aliphatic rings. The van der Waals surface area contributed by atoms with Crippen molar-refractivity contribution < 1.29 is 4.42 Å². The monoisotopic (exact) mass is 815 g/mol. The minimum Gasteiger partial charge on any atom is -0.456 e. The van der Waals surface area contributed by atoms with Crippen LogP contribution in [0, 0.1) is 0 Å². The van der Waals surface area contributed by atoms with Crippen LogP contribution >= 0.6 is 0 Å². The zero-order valence-electron chi connectivity index (χ0n) is 35.6. The summed E-state index contributed by atoms with van der Waals surface area (Å²) in [5.41, 5.74) is 22.7. The lowest BCUT2D eigenvalue weighted by Crippen LogP contribution is -2.26. The van der Waals surface area contributed by atoms with Gasteiger partial charge in [-0.2, -0.15) is 0 Å². The molecule has 0 atom stereocenters. The van der Waals surface area contributed by atoms with Crippen molar-refractivity contribution in [3.63, 3.8) is 0 Å². The molecule has 0 amide bonds. The van der Waals surface area contributed by atoms with Crippen molar-refractivity contribution in [3.8, 4) is 44.5 Å². The van der Waals surface area contributed by atoms with Crippen LogP contribution in [0.3, 0.4) is 0 Å². The number of nitrogens with zero attached hydrogens (tertiary/aromatic N) is 1. The van der Waals surface area contributed by atoms with Crippen molar-refractivity contribution in [2.24, 2.45) is 0 Å². The zero-order chi connectivity index (χ0) is 42.3. The van der Waals surface area contributed by atoms with Crippen molar-refractivity contribution in [3.05, 3.63) is 246 Å². The lowest BCUT2D eigenvalue weighted by atomic mass is 9.70. The van der Waals surface area contributed by atoms with E-state index in [0.29, 0.717) is 0 Å². The average Bonchev–Trinajstić information content (AvgIpc) is 4.04. The second-order valence-electron chi connectivity index (χ2n) is 18.3. The Morgan fingerprint density at radius 2 is 0.906 bits per heavy atom. The first-order chi connectivity index (χ1) is 31.5. The predicted octanol–water partition coefficient (Wildman–Crippen LogP) is 16.5. The van der Waals surface area contributed by atoms with E-state index >= 15 is 0 Å². The van der Waals surface area contributed by atoms with E-state index in [1.165, 1.54) is 88.7 Å². The summed E-state index contributed by atoms with van der Waals surface area (Å²) in [6.45, 7) is 4.75. The Hall–Kier alpha value is -7.94. The van der Waals surface area contributed by atoms with Gasteiger partial charge in [0.15, 0.2) is 0 Å². The highest BCUT2D eigenvalue weighted by molar-refractivity contribution is 6.22. The molecule has 1 spiro atoms. The van der Waals surface area contributed by atoms with Gasteiger partial charge in [0.05, 0.1) is 11.1 Å². The normalized spacial score (nSPS) is 14.3. The van der Waals surface area contributed by atoms with Crippen molar-refractivity contribution in [1.82, 2.24) is 0 Å². The summed E-state index contributed by atoms with van der Waals surface area (Å²) in [7, 11) is 0. The molecular formula is C62H41NO. The highest BCUT2D eigenvalue weighted by atomic mass is 16.3. The van der Waals surface area contributed by atoms with E-state index in [1.807, 2.05) is 0 Å². The molecule has 1 aromatic heterocycles. The molecule has 0 saturated carbocycles. The maximum atomic E-state index is 6.82. The summed E-state index contributed by atoms with van der Waals surface area (Å²) < 4.78 is 6.82. The molecule has 64 heavy (non-hydrogen) atoms.